The molecule has 0 N–H and O–H groups in total. The highest BCUT2D eigenvalue weighted by Gasteiger charge is 2.24. The SMILES string of the molecule is O=C1COC2=CN=CN(Cl)C2=N1. The summed E-state index contributed by atoms with van der Waals surface area (Å²) in [5.74, 6) is 0.373. The van der Waals surface area contributed by atoms with E-state index in [4.69, 9.17) is 16.5 Å². The highest BCUT2D eigenvalue weighted by atomic mass is 35.5. The molecule has 0 aromatic rings. The minimum absolute atomic E-state index is 0.0460. The van der Waals surface area contributed by atoms with Crippen molar-refractivity contribution in [1.82, 2.24) is 4.42 Å². The Morgan fingerprint density at radius 1 is 1.67 bits per heavy atom. The first kappa shape index (κ1) is 7.30. The van der Waals surface area contributed by atoms with Crippen molar-refractivity contribution in [2.75, 3.05) is 6.61 Å². The third kappa shape index (κ3) is 1.08. The molecule has 0 saturated carbocycles. The van der Waals surface area contributed by atoms with E-state index in [2.05, 4.69) is 9.98 Å². The van der Waals surface area contributed by atoms with E-state index in [1.165, 1.54) is 12.5 Å². The lowest BCUT2D eigenvalue weighted by atomic mass is 10.4. The molecule has 0 bridgehead atoms. The van der Waals surface area contributed by atoms with E-state index in [0.717, 1.165) is 4.42 Å². The van der Waals surface area contributed by atoms with Crippen molar-refractivity contribution in [3.05, 3.63) is 12.0 Å². The molecule has 0 atom stereocenters. The van der Waals surface area contributed by atoms with Gasteiger partial charge in [0.15, 0.2) is 18.2 Å². The average molecular weight is 186 g/mol. The maximum Gasteiger partial charge on any atom is 0.285 e. The fraction of sp³-hybridized carbons (Fsp3) is 0.167. The molecule has 2 aliphatic heterocycles. The summed E-state index contributed by atoms with van der Waals surface area (Å²) in [6.07, 6.45) is 2.80. The number of rotatable bonds is 0. The van der Waals surface area contributed by atoms with Gasteiger partial charge in [0, 0.05) is 11.8 Å². The van der Waals surface area contributed by atoms with Crippen LogP contribution in [0.15, 0.2) is 21.9 Å². The van der Waals surface area contributed by atoms with Crippen molar-refractivity contribution >= 4 is 29.9 Å². The average Bonchev–Trinajstić information content (AvgIpc) is 2.07. The lowest BCUT2D eigenvalue weighted by Crippen LogP contribution is -2.31. The minimum atomic E-state index is -0.344. The lowest BCUT2D eigenvalue weighted by Gasteiger charge is -2.21. The standard InChI is InChI=1S/C6H4ClN3O2/c7-10-3-8-1-4-6(10)9-5(11)2-12-4/h1,3H,2H2. The van der Waals surface area contributed by atoms with E-state index in [9.17, 15) is 4.79 Å². The summed E-state index contributed by atoms with van der Waals surface area (Å²) in [5, 5.41) is 0. The van der Waals surface area contributed by atoms with Crippen LogP contribution in [0.5, 0.6) is 0 Å². The van der Waals surface area contributed by atoms with Crippen molar-refractivity contribution in [2.24, 2.45) is 9.98 Å². The Labute approximate surface area is 73.1 Å². The second-order valence-corrected chi connectivity index (χ2v) is 2.55. The molecule has 0 radical (unpaired) electrons. The van der Waals surface area contributed by atoms with Crippen molar-refractivity contribution in [3.8, 4) is 0 Å². The Hall–Kier alpha value is -1.36. The van der Waals surface area contributed by atoms with Crippen LogP contribution in [0, 0.1) is 0 Å². The van der Waals surface area contributed by atoms with Crippen molar-refractivity contribution in [2.45, 2.75) is 0 Å². The van der Waals surface area contributed by atoms with Gasteiger partial charge in [0.25, 0.3) is 5.91 Å². The Morgan fingerprint density at radius 2 is 2.50 bits per heavy atom. The van der Waals surface area contributed by atoms with E-state index in [1.807, 2.05) is 0 Å². The maximum atomic E-state index is 10.8. The van der Waals surface area contributed by atoms with Crippen LogP contribution in [0.1, 0.15) is 0 Å². The van der Waals surface area contributed by atoms with Crippen LogP contribution in [-0.2, 0) is 9.53 Å². The lowest BCUT2D eigenvalue weighted by molar-refractivity contribution is -0.121. The van der Waals surface area contributed by atoms with Gasteiger partial charge in [0.05, 0.1) is 6.20 Å². The molecule has 0 saturated heterocycles. The fourth-order valence-electron chi connectivity index (χ4n) is 0.872. The van der Waals surface area contributed by atoms with Crippen LogP contribution in [0.3, 0.4) is 0 Å². The number of ether oxygens (including phenoxy) is 1. The van der Waals surface area contributed by atoms with Crippen LogP contribution in [0.2, 0.25) is 0 Å². The number of hydrogen-bond donors (Lipinski definition) is 0. The molecule has 0 aromatic carbocycles. The molecule has 1 amide bonds. The largest absolute Gasteiger partial charge is 0.478 e. The monoisotopic (exact) mass is 185 g/mol. The zero-order valence-electron chi connectivity index (χ0n) is 5.90. The number of amidine groups is 1. The fourth-order valence-corrected chi connectivity index (χ4v) is 1.04. The molecule has 62 valence electrons. The van der Waals surface area contributed by atoms with Crippen molar-refractivity contribution in [3.63, 3.8) is 0 Å². The third-order valence-electron chi connectivity index (χ3n) is 1.36. The molecule has 5 nitrogen and oxygen atoms in total. The predicted molar refractivity (Wildman–Crippen MR) is 42.7 cm³/mol. The number of hydrogen-bond acceptors (Lipinski definition) is 4. The van der Waals surface area contributed by atoms with Crippen LogP contribution in [0.4, 0.5) is 0 Å². The van der Waals surface area contributed by atoms with Gasteiger partial charge in [-0.25, -0.2) is 9.41 Å². The second-order valence-electron chi connectivity index (χ2n) is 2.19. The maximum absolute atomic E-state index is 10.8. The smallest absolute Gasteiger partial charge is 0.285 e. The minimum Gasteiger partial charge on any atom is -0.478 e. The Morgan fingerprint density at radius 3 is 3.33 bits per heavy atom. The zero-order valence-corrected chi connectivity index (χ0v) is 6.65. The van der Waals surface area contributed by atoms with Crippen molar-refractivity contribution in [1.29, 1.82) is 0 Å². The molecule has 0 aliphatic carbocycles. The van der Waals surface area contributed by atoms with Crippen LogP contribution >= 0.6 is 11.8 Å². The number of amides is 1. The molecule has 6 heteroatoms. The van der Waals surface area contributed by atoms with Gasteiger partial charge in [-0.2, -0.15) is 4.99 Å². The first-order valence-corrected chi connectivity index (χ1v) is 3.54. The number of fused-ring (bicyclic) bond motifs is 1. The van der Waals surface area contributed by atoms with Crippen LogP contribution in [-0.4, -0.2) is 29.1 Å². The number of halogens is 1. The van der Waals surface area contributed by atoms with Crippen LogP contribution in [0.25, 0.3) is 0 Å². The molecule has 2 heterocycles. The molecule has 0 aromatic heterocycles. The van der Waals surface area contributed by atoms with E-state index in [-0.39, 0.29) is 12.5 Å². The normalized spacial score (nSPS) is 21.1. The molecular formula is C6H4ClN3O2. The van der Waals surface area contributed by atoms with E-state index in [1.54, 1.807) is 0 Å². The Kier molecular flexibility index (Phi) is 1.58. The third-order valence-corrected chi connectivity index (χ3v) is 1.61. The highest BCUT2D eigenvalue weighted by molar-refractivity contribution is 6.32. The summed E-state index contributed by atoms with van der Waals surface area (Å²) >= 11 is 5.64. The van der Waals surface area contributed by atoms with Gasteiger partial charge in [0.1, 0.15) is 6.34 Å². The van der Waals surface area contributed by atoms with Gasteiger partial charge < -0.3 is 4.74 Å². The first-order valence-electron chi connectivity index (χ1n) is 3.20. The highest BCUT2D eigenvalue weighted by Crippen LogP contribution is 2.15. The van der Waals surface area contributed by atoms with Gasteiger partial charge in [-0.05, 0) is 0 Å². The van der Waals surface area contributed by atoms with Crippen LogP contribution < -0.4 is 0 Å². The Balaban J connectivity index is 2.41. The molecule has 2 aliphatic rings. The van der Waals surface area contributed by atoms with Crippen molar-refractivity contribution < 1.29 is 9.53 Å². The molecule has 0 unspecified atom stereocenters. The molecular weight excluding hydrogens is 182 g/mol. The van der Waals surface area contributed by atoms with Gasteiger partial charge in [0.2, 0.25) is 0 Å². The summed E-state index contributed by atoms with van der Waals surface area (Å²) in [7, 11) is 0. The van der Waals surface area contributed by atoms with Gasteiger partial charge in [-0.3, -0.25) is 4.79 Å². The van der Waals surface area contributed by atoms with E-state index >= 15 is 0 Å². The van der Waals surface area contributed by atoms with Gasteiger partial charge in [-0.15, -0.1) is 0 Å². The predicted octanol–water partition coefficient (Wildman–Crippen LogP) is 0.281. The topological polar surface area (TPSA) is 54.3 Å². The summed E-state index contributed by atoms with van der Waals surface area (Å²) in [4.78, 5) is 18.2. The first-order chi connectivity index (χ1) is 5.77. The second kappa shape index (κ2) is 2.60. The zero-order chi connectivity index (χ0) is 8.55. The van der Waals surface area contributed by atoms with Gasteiger partial charge >= 0.3 is 0 Å². The van der Waals surface area contributed by atoms with Gasteiger partial charge in [-0.1, -0.05) is 0 Å². The van der Waals surface area contributed by atoms with E-state index < -0.39 is 0 Å². The number of nitrogens with zero attached hydrogens (tertiary/aromatic N) is 3. The number of carbonyl (C=O) groups is 1. The summed E-state index contributed by atoms with van der Waals surface area (Å²) in [6, 6.07) is 0. The summed E-state index contributed by atoms with van der Waals surface area (Å²) < 4.78 is 6.12. The van der Waals surface area contributed by atoms with E-state index in [0.29, 0.717) is 11.6 Å². The number of carbonyl (C=O) groups excluding carboxylic acids is 1. The molecule has 12 heavy (non-hydrogen) atoms. The quantitative estimate of drug-likeness (QED) is 0.510. The molecule has 0 fully saturated rings. The summed E-state index contributed by atoms with van der Waals surface area (Å²) in [6.45, 7) is -0.0460. The molecule has 0 spiro atoms. The summed E-state index contributed by atoms with van der Waals surface area (Å²) in [5.41, 5.74) is 0. The Bertz CT molecular complexity index is 321. The molecule has 2 rings (SSSR count). The number of aliphatic imine (C=N–C) groups is 2.